The molecule has 1 heterocycles. The highest BCUT2D eigenvalue weighted by Crippen LogP contribution is 2.34. The molecule has 0 amide bonds. The van der Waals surface area contributed by atoms with Gasteiger partial charge in [-0.1, -0.05) is 46.3 Å². The Hall–Kier alpha value is -3.62. The van der Waals surface area contributed by atoms with Crippen LogP contribution < -0.4 is 5.73 Å². The molecule has 0 saturated heterocycles. The Morgan fingerprint density at radius 2 is 1.76 bits per heavy atom. The number of carbonyl (C=O) groups is 1. The SMILES string of the molecule is CN(C)Cc1ccc(N=C(c2ccc(CC(=O)O)cc2N)c2c(O)[nH]c3cc(Br)ccc23)cc1. The molecule has 3 aromatic carbocycles. The summed E-state index contributed by atoms with van der Waals surface area (Å²) in [4.78, 5) is 21.1. The van der Waals surface area contributed by atoms with Crippen molar-refractivity contribution in [1.29, 1.82) is 0 Å². The van der Waals surface area contributed by atoms with Gasteiger partial charge in [0.2, 0.25) is 0 Å². The van der Waals surface area contributed by atoms with Crippen LogP contribution in [0.4, 0.5) is 11.4 Å². The van der Waals surface area contributed by atoms with E-state index in [1.165, 1.54) is 0 Å². The monoisotopic (exact) mass is 520 g/mol. The predicted octanol–water partition coefficient (Wildman–Crippen LogP) is 5.08. The number of hydrogen-bond donors (Lipinski definition) is 4. The van der Waals surface area contributed by atoms with E-state index in [9.17, 15) is 9.90 Å². The molecule has 0 radical (unpaired) electrons. The van der Waals surface area contributed by atoms with Gasteiger partial charge in [0, 0.05) is 27.7 Å². The van der Waals surface area contributed by atoms with E-state index in [0.29, 0.717) is 33.8 Å². The van der Waals surface area contributed by atoms with Crippen LogP contribution >= 0.6 is 15.9 Å². The highest BCUT2D eigenvalue weighted by molar-refractivity contribution is 9.10. The minimum absolute atomic E-state index is 0.0231. The number of nitrogens with two attached hydrogens (primary N) is 1. The summed E-state index contributed by atoms with van der Waals surface area (Å²) in [7, 11) is 4.03. The molecule has 0 aliphatic heterocycles. The first kappa shape index (κ1) is 23.5. The van der Waals surface area contributed by atoms with Gasteiger partial charge >= 0.3 is 5.97 Å². The number of nitrogens with one attached hydrogen (secondary N) is 1. The number of carboxylic acids is 1. The molecule has 174 valence electrons. The average Bonchev–Trinajstić information content (AvgIpc) is 3.07. The summed E-state index contributed by atoms with van der Waals surface area (Å²) in [6, 6.07) is 18.7. The Morgan fingerprint density at radius 1 is 1.06 bits per heavy atom. The fourth-order valence-electron chi connectivity index (χ4n) is 3.93. The molecule has 4 aromatic rings. The number of nitrogens with zero attached hydrogens (tertiary/aromatic N) is 2. The van der Waals surface area contributed by atoms with E-state index < -0.39 is 5.97 Å². The van der Waals surface area contributed by atoms with Gasteiger partial charge in [0.15, 0.2) is 5.88 Å². The lowest BCUT2D eigenvalue weighted by atomic mass is 9.97. The minimum atomic E-state index is -0.932. The maximum atomic E-state index is 11.1. The second-order valence-corrected chi connectivity index (χ2v) is 9.31. The molecular weight excluding hydrogens is 496 g/mol. The van der Waals surface area contributed by atoms with Crippen molar-refractivity contribution in [3.05, 3.63) is 87.4 Å². The number of anilines is 1. The number of benzene rings is 3. The quantitative estimate of drug-likeness (QED) is 0.200. The third-order valence-corrected chi connectivity index (χ3v) is 5.87. The highest BCUT2D eigenvalue weighted by Gasteiger charge is 2.21. The van der Waals surface area contributed by atoms with Crippen molar-refractivity contribution in [3.8, 4) is 5.88 Å². The summed E-state index contributed by atoms with van der Waals surface area (Å²) < 4.78 is 0.875. The number of carboxylic acid groups (broad SMARTS) is 1. The predicted molar refractivity (Wildman–Crippen MR) is 139 cm³/mol. The van der Waals surface area contributed by atoms with Crippen LogP contribution in [0.25, 0.3) is 10.9 Å². The summed E-state index contributed by atoms with van der Waals surface area (Å²) in [5, 5.41) is 20.8. The number of rotatable bonds is 7. The molecule has 0 spiro atoms. The van der Waals surface area contributed by atoms with Crippen LogP contribution in [-0.4, -0.2) is 45.9 Å². The van der Waals surface area contributed by atoms with Crippen LogP contribution in [0.5, 0.6) is 5.88 Å². The van der Waals surface area contributed by atoms with Crippen molar-refractivity contribution in [2.75, 3.05) is 19.8 Å². The summed E-state index contributed by atoms with van der Waals surface area (Å²) in [6.07, 6.45) is -0.128. The number of aromatic hydroxyl groups is 1. The van der Waals surface area contributed by atoms with Gasteiger partial charge in [0.1, 0.15) is 0 Å². The zero-order valence-electron chi connectivity index (χ0n) is 18.8. The molecule has 0 saturated carbocycles. The van der Waals surface area contributed by atoms with Gasteiger partial charge in [0.25, 0.3) is 0 Å². The summed E-state index contributed by atoms with van der Waals surface area (Å²) >= 11 is 3.46. The molecule has 7 nitrogen and oxygen atoms in total. The molecule has 0 aliphatic carbocycles. The maximum Gasteiger partial charge on any atom is 0.307 e. The van der Waals surface area contributed by atoms with Crippen LogP contribution in [0.15, 0.2) is 70.1 Å². The fourth-order valence-corrected chi connectivity index (χ4v) is 4.29. The Labute approximate surface area is 205 Å². The molecule has 8 heteroatoms. The molecule has 0 bridgehead atoms. The van der Waals surface area contributed by atoms with Gasteiger partial charge < -0.3 is 25.8 Å². The number of fused-ring (bicyclic) bond motifs is 1. The van der Waals surface area contributed by atoms with Crippen molar-refractivity contribution in [1.82, 2.24) is 9.88 Å². The Kier molecular flexibility index (Phi) is 6.72. The van der Waals surface area contributed by atoms with E-state index >= 15 is 0 Å². The number of nitrogen functional groups attached to an aromatic ring is 1. The van der Waals surface area contributed by atoms with E-state index in [1.807, 2.05) is 56.6 Å². The first-order valence-corrected chi connectivity index (χ1v) is 11.4. The Morgan fingerprint density at radius 3 is 2.41 bits per heavy atom. The van der Waals surface area contributed by atoms with Gasteiger partial charge in [-0.15, -0.1) is 0 Å². The molecule has 0 fully saturated rings. The lowest BCUT2D eigenvalue weighted by Crippen LogP contribution is -2.10. The standard InChI is InChI=1S/C26H25BrN4O3/c1-31(2)14-15-3-7-18(8-4-15)29-25(19-9-5-16(11-21(19)28)12-23(32)33)24-20-10-6-17(27)13-22(20)30-26(24)34/h3-11,13,30,34H,12,14,28H2,1-2H3,(H,32,33). The van der Waals surface area contributed by atoms with E-state index in [1.54, 1.807) is 18.2 Å². The topological polar surface area (TPSA) is 115 Å². The first-order valence-electron chi connectivity index (χ1n) is 10.6. The van der Waals surface area contributed by atoms with Crippen LogP contribution in [0.2, 0.25) is 0 Å². The third-order valence-electron chi connectivity index (χ3n) is 5.38. The largest absolute Gasteiger partial charge is 0.494 e. The van der Waals surface area contributed by atoms with Crippen molar-refractivity contribution >= 4 is 49.9 Å². The smallest absolute Gasteiger partial charge is 0.307 e. The molecule has 0 atom stereocenters. The third kappa shape index (κ3) is 5.13. The van der Waals surface area contributed by atoms with Crippen LogP contribution in [0, 0.1) is 0 Å². The molecular formula is C26H25BrN4O3. The minimum Gasteiger partial charge on any atom is -0.494 e. The zero-order chi connectivity index (χ0) is 24.4. The summed E-state index contributed by atoms with van der Waals surface area (Å²) in [5.41, 5.74) is 11.6. The lowest BCUT2D eigenvalue weighted by molar-refractivity contribution is -0.136. The lowest BCUT2D eigenvalue weighted by Gasteiger charge is -2.13. The van der Waals surface area contributed by atoms with E-state index in [2.05, 4.69) is 25.8 Å². The van der Waals surface area contributed by atoms with Gasteiger partial charge in [-0.2, -0.15) is 0 Å². The summed E-state index contributed by atoms with van der Waals surface area (Å²) in [6.45, 7) is 0.812. The van der Waals surface area contributed by atoms with Crippen LogP contribution in [-0.2, 0) is 17.8 Å². The van der Waals surface area contributed by atoms with Crippen molar-refractivity contribution in [2.45, 2.75) is 13.0 Å². The number of aliphatic imine (C=N–C) groups is 1. The number of H-pyrrole nitrogens is 1. The molecule has 1 aromatic heterocycles. The van der Waals surface area contributed by atoms with Crippen molar-refractivity contribution in [2.24, 2.45) is 4.99 Å². The van der Waals surface area contributed by atoms with E-state index in [0.717, 1.165) is 27.5 Å². The normalized spacial score (nSPS) is 11.9. The number of aromatic amines is 1. The van der Waals surface area contributed by atoms with Gasteiger partial charge in [-0.25, -0.2) is 4.99 Å². The summed E-state index contributed by atoms with van der Waals surface area (Å²) in [5.74, 6) is -0.955. The maximum absolute atomic E-state index is 11.1. The highest BCUT2D eigenvalue weighted by atomic mass is 79.9. The second kappa shape index (κ2) is 9.70. The van der Waals surface area contributed by atoms with Crippen LogP contribution in [0.1, 0.15) is 22.3 Å². The zero-order valence-corrected chi connectivity index (χ0v) is 20.4. The number of aliphatic carboxylic acids is 1. The Bertz CT molecular complexity index is 1390. The van der Waals surface area contributed by atoms with E-state index in [4.69, 9.17) is 15.8 Å². The Balaban J connectivity index is 1.88. The fraction of sp³-hybridized carbons (Fsp3) is 0.154. The van der Waals surface area contributed by atoms with Crippen molar-refractivity contribution < 1.29 is 15.0 Å². The average molecular weight is 521 g/mol. The molecule has 34 heavy (non-hydrogen) atoms. The van der Waals surface area contributed by atoms with Crippen molar-refractivity contribution in [3.63, 3.8) is 0 Å². The van der Waals surface area contributed by atoms with Gasteiger partial charge in [-0.3, -0.25) is 4.79 Å². The first-order chi connectivity index (χ1) is 16.2. The molecule has 0 aliphatic rings. The van der Waals surface area contributed by atoms with Crippen LogP contribution in [0.3, 0.4) is 0 Å². The number of aromatic nitrogens is 1. The number of hydrogen-bond acceptors (Lipinski definition) is 5. The van der Waals surface area contributed by atoms with E-state index in [-0.39, 0.29) is 12.3 Å². The molecule has 0 unspecified atom stereocenters. The number of halogens is 1. The molecule has 5 N–H and O–H groups in total. The van der Waals surface area contributed by atoms with Gasteiger partial charge in [-0.05, 0) is 55.6 Å². The molecule has 4 rings (SSSR count). The second-order valence-electron chi connectivity index (χ2n) is 8.40. The van der Waals surface area contributed by atoms with Gasteiger partial charge in [0.05, 0.1) is 28.9 Å².